The Morgan fingerprint density at radius 3 is 1.75 bits per heavy atom. The fraction of sp³-hybridized carbons (Fsp3) is 0.0612. The number of anilines is 3. The molecule has 9 aromatic rings. The minimum Gasteiger partial charge on any atom is -0.455 e. The minimum atomic E-state index is -0.0764. The maximum atomic E-state index is 6.75. The van der Waals surface area contributed by atoms with E-state index in [2.05, 4.69) is 195 Å². The van der Waals surface area contributed by atoms with Gasteiger partial charge in [0.1, 0.15) is 11.2 Å². The van der Waals surface area contributed by atoms with Crippen LogP contribution >= 0.6 is 0 Å². The lowest BCUT2D eigenvalue weighted by Gasteiger charge is -2.28. The Morgan fingerprint density at radius 1 is 0.373 bits per heavy atom. The van der Waals surface area contributed by atoms with Crippen LogP contribution in [-0.2, 0) is 5.41 Å². The Balaban J connectivity index is 1.11. The van der Waals surface area contributed by atoms with Gasteiger partial charge in [-0.2, -0.15) is 0 Å². The summed E-state index contributed by atoms with van der Waals surface area (Å²) in [6, 6.07) is 63.5. The molecule has 8 aromatic carbocycles. The number of para-hydroxylation sites is 2. The van der Waals surface area contributed by atoms with E-state index in [1.165, 1.54) is 38.8 Å². The molecule has 0 radical (unpaired) electrons. The van der Waals surface area contributed by atoms with E-state index in [1.807, 2.05) is 0 Å². The van der Waals surface area contributed by atoms with Gasteiger partial charge >= 0.3 is 0 Å². The van der Waals surface area contributed by atoms with E-state index in [4.69, 9.17) is 4.42 Å². The molecule has 242 valence electrons. The molecule has 0 saturated heterocycles. The molecule has 1 aliphatic carbocycles. The molecule has 10 rings (SSSR count). The molecular weight excluding hydrogens is 619 g/mol. The van der Waals surface area contributed by atoms with Crippen LogP contribution in [0.1, 0.15) is 25.0 Å². The van der Waals surface area contributed by atoms with Gasteiger partial charge in [0.05, 0.1) is 0 Å². The topological polar surface area (TPSA) is 16.4 Å². The lowest BCUT2D eigenvalue weighted by Crippen LogP contribution is -2.16. The number of nitrogens with zero attached hydrogens (tertiary/aromatic N) is 1. The predicted molar refractivity (Wildman–Crippen MR) is 214 cm³/mol. The van der Waals surface area contributed by atoms with Crippen LogP contribution in [-0.4, -0.2) is 0 Å². The van der Waals surface area contributed by atoms with Crippen molar-refractivity contribution in [2.24, 2.45) is 0 Å². The van der Waals surface area contributed by atoms with Crippen LogP contribution in [0.25, 0.3) is 66.1 Å². The number of hydrogen-bond donors (Lipinski definition) is 0. The van der Waals surface area contributed by atoms with Gasteiger partial charge in [-0.05, 0) is 86.8 Å². The van der Waals surface area contributed by atoms with Crippen molar-refractivity contribution >= 4 is 49.8 Å². The summed E-state index contributed by atoms with van der Waals surface area (Å²) >= 11 is 0. The van der Waals surface area contributed by atoms with Crippen LogP contribution in [0, 0.1) is 0 Å². The number of hydrogen-bond acceptors (Lipinski definition) is 2. The molecule has 0 spiro atoms. The van der Waals surface area contributed by atoms with Gasteiger partial charge in [-0.15, -0.1) is 0 Å². The summed E-state index contributed by atoms with van der Waals surface area (Å²) in [6.45, 7) is 4.69. The fourth-order valence-electron chi connectivity index (χ4n) is 8.35. The van der Waals surface area contributed by atoms with Crippen molar-refractivity contribution in [3.63, 3.8) is 0 Å². The van der Waals surface area contributed by atoms with Crippen LogP contribution in [0.5, 0.6) is 0 Å². The molecule has 51 heavy (non-hydrogen) atoms. The summed E-state index contributed by atoms with van der Waals surface area (Å²) in [7, 11) is 0. The highest BCUT2D eigenvalue weighted by molar-refractivity contribution is 6.20. The van der Waals surface area contributed by atoms with Crippen molar-refractivity contribution in [1.82, 2.24) is 0 Å². The molecule has 1 aromatic heterocycles. The third-order valence-electron chi connectivity index (χ3n) is 10.9. The van der Waals surface area contributed by atoms with Crippen molar-refractivity contribution in [1.29, 1.82) is 0 Å². The highest BCUT2D eigenvalue weighted by Crippen LogP contribution is 2.51. The van der Waals surface area contributed by atoms with Crippen molar-refractivity contribution in [2.75, 3.05) is 4.90 Å². The second-order valence-corrected chi connectivity index (χ2v) is 14.1. The smallest absolute Gasteiger partial charge is 0.143 e. The first-order valence-corrected chi connectivity index (χ1v) is 17.7. The van der Waals surface area contributed by atoms with Gasteiger partial charge in [0.15, 0.2) is 0 Å². The Morgan fingerprint density at radius 2 is 0.941 bits per heavy atom. The predicted octanol–water partition coefficient (Wildman–Crippen LogP) is 13.8. The third kappa shape index (κ3) is 4.57. The number of benzene rings is 8. The summed E-state index contributed by atoms with van der Waals surface area (Å²) in [6.07, 6.45) is 0. The zero-order valence-electron chi connectivity index (χ0n) is 28.6. The van der Waals surface area contributed by atoms with Crippen molar-refractivity contribution in [3.05, 3.63) is 187 Å². The van der Waals surface area contributed by atoms with E-state index in [9.17, 15) is 0 Å². The monoisotopic (exact) mass is 653 g/mol. The van der Waals surface area contributed by atoms with Crippen LogP contribution in [0.15, 0.2) is 180 Å². The quantitative estimate of drug-likeness (QED) is 0.184. The average Bonchev–Trinajstić information content (AvgIpc) is 3.68. The van der Waals surface area contributed by atoms with E-state index in [-0.39, 0.29) is 5.41 Å². The van der Waals surface area contributed by atoms with Gasteiger partial charge in [0.25, 0.3) is 0 Å². The molecule has 0 fully saturated rings. The van der Waals surface area contributed by atoms with E-state index in [0.717, 1.165) is 55.5 Å². The largest absolute Gasteiger partial charge is 0.455 e. The van der Waals surface area contributed by atoms with E-state index in [0.29, 0.717) is 0 Å². The van der Waals surface area contributed by atoms with E-state index < -0.39 is 0 Å². The summed E-state index contributed by atoms with van der Waals surface area (Å²) in [4.78, 5) is 2.37. The average molecular weight is 654 g/mol. The summed E-state index contributed by atoms with van der Waals surface area (Å²) in [5.74, 6) is 0. The van der Waals surface area contributed by atoms with Gasteiger partial charge in [-0.25, -0.2) is 0 Å². The molecule has 0 atom stereocenters. The lowest BCUT2D eigenvalue weighted by atomic mass is 9.82. The van der Waals surface area contributed by atoms with Gasteiger partial charge in [0.2, 0.25) is 0 Å². The molecule has 2 nitrogen and oxygen atoms in total. The van der Waals surface area contributed by atoms with Crippen LogP contribution in [0.2, 0.25) is 0 Å². The Labute approximate surface area is 297 Å². The van der Waals surface area contributed by atoms with Crippen LogP contribution < -0.4 is 4.90 Å². The van der Waals surface area contributed by atoms with Crippen molar-refractivity contribution < 1.29 is 4.42 Å². The van der Waals surface area contributed by atoms with E-state index in [1.54, 1.807) is 0 Å². The zero-order chi connectivity index (χ0) is 34.1. The van der Waals surface area contributed by atoms with Gasteiger partial charge in [-0.3, -0.25) is 0 Å². The minimum absolute atomic E-state index is 0.0764. The van der Waals surface area contributed by atoms with Crippen LogP contribution in [0.3, 0.4) is 0 Å². The summed E-state index contributed by atoms with van der Waals surface area (Å²) in [5.41, 5.74) is 15.2. The highest BCUT2D eigenvalue weighted by atomic mass is 16.3. The Hall–Kier alpha value is -6.38. The molecule has 1 aliphatic rings. The second kappa shape index (κ2) is 11.3. The first-order chi connectivity index (χ1) is 25.1. The van der Waals surface area contributed by atoms with Gasteiger partial charge in [-0.1, -0.05) is 147 Å². The second-order valence-electron chi connectivity index (χ2n) is 14.1. The third-order valence-corrected chi connectivity index (χ3v) is 10.9. The van der Waals surface area contributed by atoms with Gasteiger partial charge < -0.3 is 9.32 Å². The fourth-order valence-corrected chi connectivity index (χ4v) is 8.35. The first kappa shape index (κ1) is 29.5. The normalized spacial score (nSPS) is 13.1. The van der Waals surface area contributed by atoms with Crippen molar-refractivity contribution in [2.45, 2.75) is 19.3 Å². The molecular formula is C49H35NO. The van der Waals surface area contributed by atoms with Crippen molar-refractivity contribution in [3.8, 4) is 33.4 Å². The molecule has 0 aliphatic heterocycles. The molecule has 0 unspecified atom stereocenters. The molecule has 2 heteroatoms. The lowest BCUT2D eigenvalue weighted by molar-refractivity contribution is 0.660. The Bertz CT molecular complexity index is 2760. The van der Waals surface area contributed by atoms with Crippen LogP contribution in [0.4, 0.5) is 17.1 Å². The maximum absolute atomic E-state index is 6.75. The number of furan rings is 1. The summed E-state index contributed by atoms with van der Waals surface area (Å²) < 4.78 is 6.75. The molecule has 0 amide bonds. The molecule has 1 heterocycles. The van der Waals surface area contributed by atoms with E-state index >= 15 is 0 Å². The molecule has 0 N–H and O–H groups in total. The zero-order valence-corrected chi connectivity index (χ0v) is 28.6. The Kier molecular flexibility index (Phi) is 6.56. The summed E-state index contributed by atoms with van der Waals surface area (Å²) in [5, 5.41) is 4.57. The first-order valence-electron chi connectivity index (χ1n) is 17.7. The highest BCUT2D eigenvalue weighted by Gasteiger charge is 2.35. The maximum Gasteiger partial charge on any atom is 0.143 e. The SMILES string of the molecule is CC1(C)c2ccccc2-c2ccc(N(c3ccccc3)c3ccc(-c4cc5c6cccc(-c7ccccc7)c6oc5c5ccccc45)cc3)cc21. The van der Waals surface area contributed by atoms with Gasteiger partial charge in [0, 0.05) is 44.2 Å². The standard InChI is InChI=1S/C49H35NO/c1-49(2)45-23-12-11-19-39(45)40-29-28-36(30-46(40)49)50(34-16-7-4-8-17-34)35-26-24-33(25-27-35)43-31-44-42-22-13-21-37(32-14-5-3-6-15-32)47(42)51-48(44)41-20-10-9-18-38(41)43/h3-31H,1-2H3. The number of rotatable bonds is 5. The molecule has 0 saturated carbocycles. The number of fused-ring (bicyclic) bond motifs is 8. The molecule has 0 bridgehead atoms.